The van der Waals surface area contributed by atoms with Gasteiger partial charge in [-0.05, 0) is 6.42 Å². The summed E-state index contributed by atoms with van der Waals surface area (Å²) < 4.78 is 19.3. The molecule has 1 heterocycles. The van der Waals surface area contributed by atoms with Crippen LogP contribution in [0.4, 0.5) is 0 Å². The van der Waals surface area contributed by atoms with Crippen molar-refractivity contribution < 1.29 is 18.3 Å². The number of rotatable bonds is 7. The number of hydrogen-bond acceptors (Lipinski definition) is 4. The Morgan fingerprint density at radius 3 is 2.43 bits per heavy atom. The molecule has 0 bridgehead atoms. The van der Waals surface area contributed by atoms with E-state index in [4.69, 9.17) is 21.1 Å². The maximum absolute atomic E-state index is 5.42. The predicted octanol–water partition coefficient (Wildman–Crippen LogP) is 0.309. The molecule has 0 saturated carbocycles. The van der Waals surface area contributed by atoms with Gasteiger partial charge in [-0.3, -0.25) is 0 Å². The first-order chi connectivity index (χ1) is 6.85. The highest BCUT2D eigenvalue weighted by molar-refractivity contribution is 6.17. The monoisotopic (exact) mass is 242 g/mol. The number of halogens is 1. The molecule has 0 amide bonds. The zero-order chi connectivity index (χ0) is 10.6. The van der Waals surface area contributed by atoms with Crippen LogP contribution in [-0.2, 0) is 18.3 Å². The maximum Gasteiger partial charge on any atom is 0.303 e. The molecule has 0 aromatic rings. The van der Waals surface area contributed by atoms with Crippen molar-refractivity contribution in [2.75, 3.05) is 39.9 Å². The van der Waals surface area contributed by atoms with Crippen LogP contribution in [0.3, 0.4) is 0 Å². The van der Waals surface area contributed by atoms with Crippen molar-refractivity contribution in [2.24, 2.45) is 0 Å². The summed E-state index contributed by atoms with van der Waals surface area (Å²) in [7, 11) is 2.73. The van der Waals surface area contributed by atoms with E-state index in [1.807, 2.05) is 0 Å². The molecule has 1 aliphatic rings. The lowest BCUT2D eigenvalue weighted by Crippen LogP contribution is -2.02. The fraction of sp³-hybridized carbons (Fsp3) is 1.00. The summed E-state index contributed by atoms with van der Waals surface area (Å²) in [5.74, 6) is 0.686. The lowest BCUT2D eigenvalue weighted by Gasteiger charge is -1.97. The van der Waals surface area contributed by atoms with Crippen molar-refractivity contribution in [3.8, 4) is 0 Å². The summed E-state index contributed by atoms with van der Waals surface area (Å²) in [6, 6.07) is 0. The molecule has 1 aliphatic heterocycles. The first kappa shape index (κ1) is 14.3. The highest BCUT2D eigenvalue weighted by Gasteiger charge is 2.21. The summed E-state index contributed by atoms with van der Waals surface area (Å²) in [6.07, 6.45) is 1.33. The predicted molar refractivity (Wildman–Crippen MR) is 58.5 cm³/mol. The van der Waals surface area contributed by atoms with E-state index in [1.165, 1.54) is 0 Å². The Bertz CT molecular complexity index is 112. The van der Waals surface area contributed by atoms with E-state index in [0.29, 0.717) is 12.0 Å². The zero-order valence-electron chi connectivity index (χ0n) is 8.83. The molecule has 6 heteroatoms. The van der Waals surface area contributed by atoms with E-state index in [9.17, 15) is 0 Å². The van der Waals surface area contributed by atoms with Gasteiger partial charge >= 0.3 is 10.0 Å². The van der Waals surface area contributed by atoms with Crippen LogP contribution in [0.15, 0.2) is 0 Å². The van der Waals surface area contributed by atoms with E-state index in [0.717, 1.165) is 26.2 Å². The van der Waals surface area contributed by atoms with E-state index < -0.39 is 10.0 Å². The van der Waals surface area contributed by atoms with Crippen LogP contribution in [0, 0.1) is 0 Å². The Hall–Kier alpha value is 0.347. The summed E-state index contributed by atoms with van der Waals surface area (Å²) in [6.45, 7) is 2.39. The molecule has 0 N–H and O–H groups in total. The summed E-state index contributed by atoms with van der Waals surface area (Å²) in [5.41, 5.74) is 0. The Balaban J connectivity index is 0.000000292. The number of ether oxygens (including phenoxy) is 2. The molecule has 0 radical (unpaired) electrons. The largest absolute Gasteiger partial charge is 0.402 e. The quantitative estimate of drug-likeness (QED) is 0.279. The Morgan fingerprint density at radius 1 is 1.43 bits per heavy atom. The van der Waals surface area contributed by atoms with E-state index in [1.54, 1.807) is 14.2 Å². The van der Waals surface area contributed by atoms with Crippen LogP contribution in [-0.4, -0.2) is 56.0 Å². The SMILES string of the molecule is CO[SiH2]OC.ClCCCOCC1CO1. The molecule has 0 spiro atoms. The summed E-state index contributed by atoms with van der Waals surface area (Å²) >= 11 is 5.42. The summed E-state index contributed by atoms with van der Waals surface area (Å²) in [4.78, 5) is 0. The molecule has 1 saturated heterocycles. The topological polar surface area (TPSA) is 40.2 Å². The van der Waals surface area contributed by atoms with Crippen molar-refractivity contribution in [1.82, 2.24) is 0 Å². The van der Waals surface area contributed by atoms with Gasteiger partial charge in [0.2, 0.25) is 0 Å². The molecular weight excluding hydrogens is 224 g/mol. The Kier molecular flexibility index (Phi) is 11.7. The molecule has 14 heavy (non-hydrogen) atoms. The molecule has 0 aromatic heterocycles. The number of epoxide rings is 1. The second-order valence-corrected chi connectivity index (χ2v) is 4.54. The van der Waals surface area contributed by atoms with Crippen LogP contribution in [0.2, 0.25) is 0 Å². The van der Waals surface area contributed by atoms with E-state index in [-0.39, 0.29) is 0 Å². The summed E-state index contributed by atoms with van der Waals surface area (Å²) in [5, 5.41) is 0. The van der Waals surface area contributed by atoms with Crippen LogP contribution in [0.25, 0.3) is 0 Å². The third kappa shape index (κ3) is 12.3. The van der Waals surface area contributed by atoms with E-state index in [2.05, 4.69) is 8.85 Å². The van der Waals surface area contributed by atoms with Crippen LogP contribution < -0.4 is 0 Å². The van der Waals surface area contributed by atoms with Gasteiger partial charge in [0, 0.05) is 26.7 Å². The molecule has 1 fully saturated rings. The van der Waals surface area contributed by atoms with Crippen LogP contribution >= 0.6 is 11.6 Å². The second kappa shape index (κ2) is 11.4. The first-order valence-electron chi connectivity index (χ1n) is 4.58. The van der Waals surface area contributed by atoms with Gasteiger partial charge in [0.15, 0.2) is 0 Å². The van der Waals surface area contributed by atoms with Gasteiger partial charge in [-0.2, -0.15) is 0 Å². The molecule has 1 unspecified atom stereocenters. The molecule has 0 aliphatic carbocycles. The minimum Gasteiger partial charge on any atom is -0.402 e. The zero-order valence-corrected chi connectivity index (χ0v) is 11.0. The van der Waals surface area contributed by atoms with Crippen molar-refractivity contribution in [3.63, 3.8) is 0 Å². The van der Waals surface area contributed by atoms with Crippen LogP contribution in [0.5, 0.6) is 0 Å². The van der Waals surface area contributed by atoms with Gasteiger partial charge in [0.1, 0.15) is 6.10 Å². The molecule has 0 aromatic carbocycles. The second-order valence-electron chi connectivity index (χ2n) is 2.77. The molecular formula is C8H19ClO4Si. The molecule has 1 rings (SSSR count). The average Bonchev–Trinajstić information content (AvgIpc) is 2.99. The smallest absolute Gasteiger partial charge is 0.303 e. The van der Waals surface area contributed by atoms with Crippen molar-refractivity contribution in [2.45, 2.75) is 12.5 Å². The van der Waals surface area contributed by atoms with E-state index >= 15 is 0 Å². The molecule has 1 atom stereocenters. The lowest BCUT2D eigenvalue weighted by atomic mass is 10.5. The molecule has 86 valence electrons. The minimum absolute atomic E-state index is 0.389. The van der Waals surface area contributed by atoms with Gasteiger partial charge in [0.25, 0.3) is 0 Å². The van der Waals surface area contributed by atoms with Gasteiger partial charge < -0.3 is 18.3 Å². The molecule has 4 nitrogen and oxygen atoms in total. The highest BCUT2D eigenvalue weighted by Crippen LogP contribution is 2.08. The third-order valence-corrected chi connectivity index (χ3v) is 2.10. The van der Waals surface area contributed by atoms with Crippen molar-refractivity contribution >= 4 is 21.6 Å². The fourth-order valence-corrected chi connectivity index (χ4v) is 0.998. The minimum atomic E-state index is -0.568. The van der Waals surface area contributed by atoms with Crippen molar-refractivity contribution in [1.29, 1.82) is 0 Å². The van der Waals surface area contributed by atoms with Gasteiger partial charge in [0.05, 0.1) is 13.2 Å². The number of hydrogen-bond donors (Lipinski definition) is 0. The van der Waals surface area contributed by atoms with Gasteiger partial charge in [-0.15, -0.1) is 11.6 Å². The average molecular weight is 243 g/mol. The maximum atomic E-state index is 5.42. The van der Waals surface area contributed by atoms with Gasteiger partial charge in [-0.25, -0.2) is 0 Å². The normalized spacial score (nSPS) is 18.6. The Labute approximate surface area is 92.9 Å². The number of alkyl halides is 1. The fourth-order valence-electron chi connectivity index (χ4n) is 0.654. The standard InChI is InChI=1S/C6H11ClO2.C2H8O2Si/c7-2-1-3-8-4-6-5-9-6;1-3-5-4-2/h6H,1-5H2;5H2,1-2H3. The Morgan fingerprint density at radius 2 is 2.07 bits per heavy atom. The van der Waals surface area contributed by atoms with Gasteiger partial charge in [-0.1, -0.05) is 0 Å². The highest BCUT2D eigenvalue weighted by atomic mass is 35.5. The van der Waals surface area contributed by atoms with Crippen LogP contribution in [0.1, 0.15) is 6.42 Å². The lowest BCUT2D eigenvalue weighted by molar-refractivity contribution is 0.117. The first-order valence-corrected chi connectivity index (χ1v) is 6.27. The third-order valence-electron chi connectivity index (χ3n) is 1.36. The van der Waals surface area contributed by atoms with Crippen molar-refractivity contribution in [3.05, 3.63) is 0 Å².